The molecule has 1 aliphatic rings. The largest absolute Gasteiger partial charge is 0.355 e. The van der Waals surface area contributed by atoms with Gasteiger partial charge in [-0.2, -0.15) is 0 Å². The second-order valence-electron chi connectivity index (χ2n) is 7.05. The number of benzene rings is 1. The lowest BCUT2D eigenvalue weighted by atomic mass is 10.1. The number of nitrogens with one attached hydrogen (secondary N) is 2. The van der Waals surface area contributed by atoms with Crippen molar-refractivity contribution in [1.29, 1.82) is 0 Å². The van der Waals surface area contributed by atoms with Crippen LogP contribution in [-0.2, 0) is 4.79 Å². The molecule has 1 saturated heterocycles. The molecule has 1 unspecified atom stereocenters. The van der Waals surface area contributed by atoms with Crippen LogP contribution in [0.1, 0.15) is 32.4 Å². The fourth-order valence-electron chi connectivity index (χ4n) is 3.66. The first-order valence-electron chi connectivity index (χ1n) is 10.4. The van der Waals surface area contributed by atoms with Crippen LogP contribution in [0.2, 0.25) is 0 Å². The predicted octanol–water partition coefficient (Wildman–Crippen LogP) is 1.53. The molecule has 156 valence electrons. The normalized spacial score (nSPS) is 16.1. The van der Waals surface area contributed by atoms with Gasteiger partial charge in [0.2, 0.25) is 5.91 Å². The topological polar surface area (TPSA) is 67.9 Å². The van der Waals surface area contributed by atoms with E-state index in [9.17, 15) is 9.59 Å². The number of hydrogen-bond donors (Lipinski definition) is 2. The van der Waals surface area contributed by atoms with Crippen molar-refractivity contribution >= 4 is 11.9 Å². The Morgan fingerprint density at radius 3 is 2.21 bits per heavy atom. The minimum Gasteiger partial charge on any atom is -0.355 e. The van der Waals surface area contributed by atoms with Crippen molar-refractivity contribution in [2.45, 2.75) is 26.8 Å². The maximum atomic E-state index is 12.7. The van der Waals surface area contributed by atoms with E-state index < -0.39 is 0 Å². The van der Waals surface area contributed by atoms with E-state index in [1.54, 1.807) is 0 Å². The van der Waals surface area contributed by atoms with Crippen LogP contribution in [0.3, 0.4) is 0 Å². The number of hydrogen-bond acceptors (Lipinski definition) is 4. The lowest BCUT2D eigenvalue weighted by Gasteiger charge is -2.35. The first-order chi connectivity index (χ1) is 13.6. The molecule has 1 atom stereocenters. The Balaban J connectivity index is 1.85. The number of nitrogens with zero attached hydrogens (tertiary/aromatic N) is 3. The van der Waals surface area contributed by atoms with Gasteiger partial charge in [-0.3, -0.25) is 14.6 Å². The molecule has 7 heteroatoms. The molecule has 0 radical (unpaired) electrons. The summed E-state index contributed by atoms with van der Waals surface area (Å²) in [4.78, 5) is 30.7. The van der Waals surface area contributed by atoms with E-state index in [0.717, 1.165) is 26.2 Å². The molecule has 1 aliphatic heterocycles. The average molecular weight is 390 g/mol. The maximum Gasteiger partial charge on any atom is 0.317 e. The van der Waals surface area contributed by atoms with E-state index in [1.165, 1.54) is 5.56 Å². The van der Waals surface area contributed by atoms with E-state index in [0.29, 0.717) is 32.7 Å². The molecule has 2 rings (SSSR count). The molecule has 1 fully saturated rings. The van der Waals surface area contributed by atoms with Gasteiger partial charge >= 0.3 is 6.03 Å². The highest BCUT2D eigenvalue weighted by Crippen LogP contribution is 2.19. The summed E-state index contributed by atoms with van der Waals surface area (Å²) < 4.78 is 0. The second-order valence-corrected chi connectivity index (χ2v) is 7.05. The number of carbonyl (C=O) groups is 2. The zero-order chi connectivity index (χ0) is 20.4. The maximum absolute atomic E-state index is 12.7. The second kappa shape index (κ2) is 11.7. The number of rotatable bonds is 9. The molecule has 28 heavy (non-hydrogen) atoms. The molecule has 0 spiro atoms. The van der Waals surface area contributed by atoms with Crippen molar-refractivity contribution in [3.8, 4) is 0 Å². The highest BCUT2D eigenvalue weighted by Gasteiger charge is 2.24. The minimum absolute atomic E-state index is 0.0225. The van der Waals surface area contributed by atoms with Crippen LogP contribution in [0.4, 0.5) is 4.79 Å². The first-order valence-corrected chi connectivity index (χ1v) is 10.4. The van der Waals surface area contributed by atoms with Crippen molar-refractivity contribution in [3.05, 3.63) is 35.9 Å². The molecule has 0 aromatic heterocycles. The minimum atomic E-state index is -0.0225. The summed E-state index contributed by atoms with van der Waals surface area (Å²) in [6.07, 6.45) is 0. The number of likely N-dealkylation sites (N-methyl/N-ethyl adjacent to an activating group) is 2. The summed E-state index contributed by atoms with van der Waals surface area (Å²) in [5, 5.41) is 5.94. The lowest BCUT2D eigenvalue weighted by Crippen LogP contribution is -2.54. The van der Waals surface area contributed by atoms with Crippen LogP contribution in [0, 0.1) is 0 Å². The van der Waals surface area contributed by atoms with E-state index >= 15 is 0 Å². The van der Waals surface area contributed by atoms with Crippen LogP contribution in [0.15, 0.2) is 30.3 Å². The van der Waals surface area contributed by atoms with Crippen molar-refractivity contribution in [2.24, 2.45) is 0 Å². The molecule has 3 amide bonds. The van der Waals surface area contributed by atoms with Gasteiger partial charge in [-0.1, -0.05) is 44.2 Å². The third-order valence-electron chi connectivity index (χ3n) is 5.28. The molecule has 0 bridgehead atoms. The van der Waals surface area contributed by atoms with Gasteiger partial charge in [0.15, 0.2) is 0 Å². The summed E-state index contributed by atoms with van der Waals surface area (Å²) in [7, 11) is 0. The van der Waals surface area contributed by atoms with Gasteiger partial charge in [0.25, 0.3) is 0 Å². The first kappa shape index (κ1) is 22.2. The fourth-order valence-corrected chi connectivity index (χ4v) is 3.66. The van der Waals surface area contributed by atoms with Crippen LogP contribution >= 0.6 is 0 Å². The Bertz CT molecular complexity index is 598. The van der Waals surface area contributed by atoms with E-state index in [1.807, 2.05) is 30.0 Å². The van der Waals surface area contributed by atoms with Crippen LogP contribution in [0.5, 0.6) is 0 Å². The Morgan fingerprint density at radius 2 is 1.64 bits per heavy atom. The number of amides is 3. The molecule has 1 heterocycles. The lowest BCUT2D eigenvalue weighted by molar-refractivity contribution is -0.122. The van der Waals surface area contributed by atoms with Crippen LogP contribution < -0.4 is 10.6 Å². The van der Waals surface area contributed by atoms with Gasteiger partial charge in [-0.25, -0.2) is 4.79 Å². The zero-order valence-electron chi connectivity index (χ0n) is 17.5. The van der Waals surface area contributed by atoms with Crippen molar-refractivity contribution in [2.75, 3.05) is 58.9 Å². The number of carbonyl (C=O) groups excluding carboxylic acids is 2. The molecule has 0 aliphatic carbocycles. The van der Waals surface area contributed by atoms with Crippen LogP contribution in [-0.4, -0.2) is 85.5 Å². The number of piperazine rings is 1. The summed E-state index contributed by atoms with van der Waals surface area (Å²) in [6, 6.07) is 10.5. The zero-order valence-corrected chi connectivity index (χ0v) is 17.5. The summed E-state index contributed by atoms with van der Waals surface area (Å²) in [5.41, 5.74) is 1.22. The summed E-state index contributed by atoms with van der Waals surface area (Å²) >= 11 is 0. The summed E-state index contributed by atoms with van der Waals surface area (Å²) in [5.74, 6) is 0.0466. The molecular weight excluding hydrogens is 354 g/mol. The van der Waals surface area contributed by atoms with Crippen molar-refractivity contribution < 1.29 is 9.59 Å². The fraction of sp³-hybridized carbons (Fsp3) is 0.619. The van der Waals surface area contributed by atoms with Gasteiger partial charge in [-0.05, 0) is 25.6 Å². The highest BCUT2D eigenvalue weighted by atomic mass is 16.2. The third kappa shape index (κ3) is 6.49. The van der Waals surface area contributed by atoms with Gasteiger partial charge in [0.1, 0.15) is 0 Å². The van der Waals surface area contributed by atoms with Gasteiger partial charge in [0, 0.05) is 39.3 Å². The third-order valence-corrected chi connectivity index (χ3v) is 5.28. The van der Waals surface area contributed by atoms with Crippen molar-refractivity contribution in [3.63, 3.8) is 0 Å². The average Bonchev–Trinajstić information content (AvgIpc) is 2.72. The molecule has 0 saturated carbocycles. The van der Waals surface area contributed by atoms with E-state index in [4.69, 9.17) is 0 Å². The van der Waals surface area contributed by atoms with E-state index in [-0.39, 0.29) is 18.0 Å². The van der Waals surface area contributed by atoms with Crippen molar-refractivity contribution in [1.82, 2.24) is 25.3 Å². The predicted molar refractivity (Wildman–Crippen MR) is 112 cm³/mol. The highest BCUT2D eigenvalue weighted by molar-refractivity contribution is 5.78. The smallest absolute Gasteiger partial charge is 0.317 e. The Kier molecular flexibility index (Phi) is 9.23. The Morgan fingerprint density at radius 1 is 1.00 bits per heavy atom. The van der Waals surface area contributed by atoms with Gasteiger partial charge in [0.05, 0.1) is 12.6 Å². The number of urea groups is 1. The monoisotopic (exact) mass is 389 g/mol. The standard InChI is InChI=1S/C21H35N5O2/c1-4-22-20(27)17-24-12-14-26(15-13-24)21(28)23-16-19(25(5-2)6-3)18-10-8-7-9-11-18/h7-11,19H,4-6,12-17H2,1-3H3,(H,22,27)(H,23,28). The molecular formula is C21H35N5O2. The Hall–Kier alpha value is -2.12. The molecule has 1 aromatic rings. The summed E-state index contributed by atoms with van der Waals surface area (Å²) in [6.45, 7) is 12.5. The van der Waals surface area contributed by atoms with E-state index in [2.05, 4.69) is 46.4 Å². The van der Waals surface area contributed by atoms with Crippen LogP contribution in [0.25, 0.3) is 0 Å². The molecule has 2 N–H and O–H groups in total. The quantitative estimate of drug-likeness (QED) is 0.672. The molecule has 7 nitrogen and oxygen atoms in total. The Labute approximate surface area is 169 Å². The SMILES string of the molecule is CCNC(=O)CN1CCN(C(=O)NCC(c2ccccc2)N(CC)CC)CC1. The molecule has 1 aromatic carbocycles. The van der Waals surface area contributed by atoms with Gasteiger partial charge < -0.3 is 15.5 Å². The van der Waals surface area contributed by atoms with Gasteiger partial charge in [-0.15, -0.1) is 0 Å².